The summed E-state index contributed by atoms with van der Waals surface area (Å²) in [5, 5.41) is 3.01. The maximum Gasteiger partial charge on any atom is 0.219 e. The van der Waals surface area contributed by atoms with E-state index in [1.165, 1.54) is 19.3 Å². The molecule has 0 spiro atoms. The molecular formula is C25H46NO3PS. The Morgan fingerprint density at radius 3 is 2.16 bits per heavy atom. The van der Waals surface area contributed by atoms with Crippen LogP contribution in [0.4, 0.5) is 0 Å². The molecule has 180 valence electrons. The van der Waals surface area contributed by atoms with Gasteiger partial charge in [-0.2, -0.15) is 0 Å². The summed E-state index contributed by atoms with van der Waals surface area (Å²) < 4.78 is 5.20. The fourth-order valence-corrected chi connectivity index (χ4v) is 3.73. The van der Waals surface area contributed by atoms with E-state index in [0.29, 0.717) is 13.0 Å². The number of amides is 1. The molecule has 6 heteroatoms. The van der Waals surface area contributed by atoms with Crippen molar-refractivity contribution < 1.29 is 14.2 Å². The van der Waals surface area contributed by atoms with Gasteiger partial charge in [0, 0.05) is 19.6 Å². The molecule has 1 atom stereocenters. The van der Waals surface area contributed by atoms with E-state index in [-0.39, 0.29) is 5.91 Å². The van der Waals surface area contributed by atoms with Crippen LogP contribution in [-0.2, 0) is 21.1 Å². The zero-order chi connectivity index (χ0) is 23.0. The Hall–Kier alpha value is -0.740. The SMILES string of the molecule is CC/C=C\C/C=C\C/C=C\CCCCCCCC(=O)NCCCCCCOP(C)(O)=S. The molecule has 2 N–H and O–H groups in total. The first kappa shape index (κ1) is 30.3. The van der Waals surface area contributed by atoms with Gasteiger partial charge in [-0.25, -0.2) is 0 Å². The molecule has 0 radical (unpaired) electrons. The summed E-state index contributed by atoms with van der Waals surface area (Å²) in [7, 11) is 0. The molecule has 0 saturated carbocycles. The second-order valence-corrected chi connectivity index (χ2v) is 11.9. The first-order chi connectivity index (χ1) is 15.0. The number of carbonyl (C=O) groups is 1. The summed E-state index contributed by atoms with van der Waals surface area (Å²) in [6, 6.07) is 0. The van der Waals surface area contributed by atoms with Crippen molar-refractivity contribution in [2.24, 2.45) is 0 Å². The minimum atomic E-state index is -2.50. The predicted octanol–water partition coefficient (Wildman–Crippen LogP) is 7.20. The first-order valence-corrected chi connectivity index (χ1v) is 15.2. The molecule has 0 aromatic rings. The van der Waals surface area contributed by atoms with E-state index < -0.39 is 6.49 Å². The molecule has 0 aromatic heterocycles. The van der Waals surface area contributed by atoms with Crippen molar-refractivity contribution in [3.63, 3.8) is 0 Å². The molecule has 0 aliphatic heterocycles. The fourth-order valence-electron chi connectivity index (χ4n) is 3.04. The summed E-state index contributed by atoms with van der Waals surface area (Å²) >= 11 is 4.82. The van der Waals surface area contributed by atoms with E-state index in [4.69, 9.17) is 16.3 Å². The third kappa shape index (κ3) is 27.2. The first-order valence-electron chi connectivity index (χ1n) is 12.1. The van der Waals surface area contributed by atoms with Gasteiger partial charge in [-0.3, -0.25) is 4.79 Å². The normalized spacial score (nSPS) is 14.0. The molecule has 1 unspecified atom stereocenters. The monoisotopic (exact) mass is 471 g/mol. The third-order valence-corrected chi connectivity index (χ3v) is 5.76. The minimum absolute atomic E-state index is 0.177. The number of rotatable bonds is 21. The molecule has 0 aliphatic rings. The Balaban J connectivity index is 3.33. The fraction of sp³-hybridized carbons (Fsp3) is 0.720. The third-order valence-electron chi connectivity index (χ3n) is 4.78. The molecule has 0 aromatic carbocycles. The zero-order valence-corrected chi connectivity index (χ0v) is 21.6. The quantitative estimate of drug-likeness (QED) is 0.106. The van der Waals surface area contributed by atoms with Crippen LogP contribution >= 0.6 is 6.49 Å². The molecule has 1 amide bonds. The van der Waals surface area contributed by atoms with Gasteiger partial charge in [0.2, 0.25) is 5.91 Å². The maximum absolute atomic E-state index is 11.8. The van der Waals surface area contributed by atoms with Crippen LogP contribution in [0, 0.1) is 0 Å². The van der Waals surface area contributed by atoms with E-state index in [2.05, 4.69) is 48.7 Å². The van der Waals surface area contributed by atoms with Gasteiger partial charge in [-0.1, -0.05) is 75.5 Å². The second-order valence-electron chi connectivity index (χ2n) is 8.00. The number of allylic oxidation sites excluding steroid dienone is 6. The molecular weight excluding hydrogens is 425 g/mol. The zero-order valence-electron chi connectivity index (χ0n) is 19.9. The summed E-state index contributed by atoms with van der Waals surface area (Å²) in [6.45, 7) is 2.51. The van der Waals surface area contributed by atoms with Gasteiger partial charge in [0.05, 0.1) is 6.61 Å². The summed E-state index contributed by atoms with van der Waals surface area (Å²) in [5.74, 6) is 0.177. The smallest absolute Gasteiger partial charge is 0.219 e. The number of nitrogens with one attached hydrogen (secondary N) is 1. The van der Waals surface area contributed by atoms with Crippen molar-refractivity contribution in [1.82, 2.24) is 5.32 Å². The lowest BCUT2D eigenvalue weighted by Crippen LogP contribution is -2.23. The maximum atomic E-state index is 11.8. The Kier molecular flexibility index (Phi) is 21.9. The van der Waals surface area contributed by atoms with Gasteiger partial charge < -0.3 is 14.7 Å². The Labute approximate surface area is 196 Å². The Morgan fingerprint density at radius 1 is 0.871 bits per heavy atom. The van der Waals surface area contributed by atoms with Crippen LogP contribution in [0.25, 0.3) is 0 Å². The topological polar surface area (TPSA) is 58.6 Å². The van der Waals surface area contributed by atoms with Gasteiger partial charge in [0.25, 0.3) is 0 Å². The van der Waals surface area contributed by atoms with Crippen molar-refractivity contribution >= 4 is 24.2 Å². The highest BCUT2D eigenvalue weighted by atomic mass is 32.5. The van der Waals surface area contributed by atoms with Gasteiger partial charge in [0.15, 0.2) is 6.49 Å². The molecule has 0 bridgehead atoms. The van der Waals surface area contributed by atoms with E-state index >= 15 is 0 Å². The molecule has 0 rings (SSSR count). The van der Waals surface area contributed by atoms with Crippen molar-refractivity contribution in [3.05, 3.63) is 36.5 Å². The molecule has 31 heavy (non-hydrogen) atoms. The van der Waals surface area contributed by atoms with Crippen LogP contribution in [0.5, 0.6) is 0 Å². The minimum Gasteiger partial charge on any atom is -0.356 e. The van der Waals surface area contributed by atoms with Gasteiger partial charge in [0.1, 0.15) is 0 Å². The average Bonchev–Trinajstić information content (AvgIpc) is 2.72. The van der Waals surface area contributed by atoms with Gasteiger partial charge >= 0.3 is 0 Å². The van der Waals surface area contributed by atoms with E-state index in [0.717, 1.165) is 70.8 Å². The molecule has 0 saturated heterocycles. The van der Waals surface area contributed by atoms with Crippen LogP contribution in [0.3, 0.4) is 0 Å². The van der Waals surface area contributed by atoms with Crippen molar-refractivity contribution in [2.75, 3.05) is 19.8 Å². The van der Waals surface area contributed by atoms with E-state index in [1.54, 1.807) is 6.66 Å². The Morgan fingerprint density at radius 2 is 1.45 bits per heavy atom. The highest BCUT2D eigenvalue weighted by Gasteiger charge is 2.03. The standard InChI is InChI=1S/C25H46NO3PS/c1-3-4-5-6-7-8-9-10-11-12-13-14-15-16-19-22-25(27)26-23-20-17-18-21-24-29-30(2,28)31/h4-5,7-8,10-11H,3,6,9,12-24H2,1-2H3,(H,26,27)(H,28,31)/b5-4-,8-7-,11-10-. The van der Waals surface area contributed by atoms with E-state index in [9.17, 15) is 9.69 Å². The van der Waals surface area contributed by atoms with Crippen LogP contribution in [-0.4, -0.2) is 30.6 Å². The lowest BCUT2D eigenvalue weighted by molar-refractivity contribution is -0.121. The summed E-state index contributed by atoms with van der Waals surface area (Å²) in [6.07, 6.45) is 28.2. The summed E-state index contributed by atoms with van der Waals surface area (Å²) in [4.78, 5) is 21.2. The Bertz CT molecular complexity index is 555. The summed E-state index contributed by atoms with van der Waals surface area (Å²) in [5.41, 5.74) is 0. The number of unbranched alkanes of at least 4 members (excludes halogenated alkanes) is 8. The highest BCUT2D eigenvalue weighted by Crippen LogP contribution is 2.37. The molecule has 0 fully saturated rings. The van der Waals surface area contributed by atoms with Crippen LogP contribution in [0.2, 0.25) is 0 Å². The largest absolute Gasteiger partial charge is 0.356 e. The average molecular weight is 472 g/mol. The number of hydrogen-bond acceptors (Lipinski definition) is 3. The number of hydrogen-bond donors (Lipinski definition) is 2. The van der Waals surface area contributed by atoms with Crippen LogP contribution in [0.1, 0.15) is 96.8 Å². The lowest BCUT2D eigenvalue weighted by Gasteiger charge is -2.09. The molecule has 0 aliphatic carbocycles. The predicted molar refractivity (Wildman–Crippen MR) is 139 cm³/mol. The van der Waals surface area contributed by atoms with Crippen LogP contribution < -0.4 is 5.32 Å². The lowest BCUT2D eigenvalue weighted by atomic mass is 10.1. The van der Waals surface area contributed by atoms with Crippen molar-refractivity contribution in [2.45, 2.75) is 96.8 Å². The van der Waals surface area contributed by atoms with Crippen molar-refractivity contribution in [3.8, 4) is 0 Å². The molecule has 4 nitrogen and oxygen atoms in total. The highest BCUT2D eigenvalue weighted by molar-refractivity contribution is 8.09. The second kappa shape index (κ2) is 22.5. The van der Waals surface area contributed by atoms with Gasteiger partial charge in [-0.15, -0.1) is 0 Å². The van der Waals surface area contributed by atoms with E-state index in [1.807, 2.05) is 0 Å². The van der Waals surface area contributed by atoms with Gasteiger partial charge in [-0.05, 0) is 63.2 Å². The molecule has 0 heterocycles. The van der Waals surface area contributed by atoms with Crippen LogP contribution in [0.15, 0.2) is 36.5 Å². The van der Waals surface area contributed by atoms with Crippen molar-refractivity contribution in [1.29, 1.82) is 0 Å². The number of carbonyl (C=O) groups excluding carboxylic acids is 1.